The van der Waals surface area contributed by atoms with Gasteiger partial charge in [-0.1, -0.05) is 83.3 Å². The summed E-state index contributed by atoms with van der Waals surface area (Å²) in [4.78, 5) is 33.6. The highest BCUT2D eigenvalue weighted by atomic mass is 32.2. The monoisotopic (exact) mass is 590 g/mol. The maximum Gasteiger partial charge on any atom is 0.340 e. The normalized spacial score (nSPS) is 10.4. The number of aliphatic hydroxyl groups excluding tert-OH is 1. The number of rotatable bonds is 10. The highest BCUT2D eigenvalue weighted by Crippen LogP contribution is 2.41. The number of ether oxygens (including phenoxy) is 1. The molecule has 198 valence electrons. The van der Waals surface area contributed by atoms with Crippen LogP contribution < -0.4 is 0 Å². The van der Waals surface area contributed by atoms with E-state index in [1.807, 2.05) is 60.7 Å². The number of thiophene rings is 2. The molecule has 0 aliphatic heterocycles. The lowest BCUT2D eigenvalue weighted by atomic mass is 10.2. The van der Waals surface area contributed by atoms with Crippen LogP contribution in [0.2, 0.25) is 0 Å². The Bertz CT molecular complexity index is 1380. The van der Waals surface area contributed by atoms with E-state index in [4.69, 9.17) is 0 Å². The molecule has 9 nitrogen and oxygen atoms in total. The molecule has 0 unspecified atom stereocenters. The van der Waals surface area contributed by atoms with Gasteiger partial charge < -0.3 is 9.84 Å². The second-order valence-corrected chi connectivity index (χ2v) is 11.1. The molecule has 0 aliphatic carbocycles. The Morgan fingerprint density at radius 1 is 0.842 bits per heavy atom. The van der Waals surface area contributed by atoms with Crippen molar-refractivity contribution in [2.75, 3.05) is 7.11 Å². The van der Waals surface area contributed by atoms with E-state index in [1.54, 1.807) is 5.38 Å². The van der Waals surface area contributed by atoms with Gasteiger partial charge in [0.05, 0.1) is 29.1 Å². The van der Waals surface area contributed by atoms with Crippen molar-refractivity contribution in [2.45, 2.75) is 27.9 Å². The summed E-state index contributed by atoms with van der Waals surface area (Å²) in [5.74, 6) is 0.665. The topological polar surface area (TPSA) is 133 Å². The summed E-state index contributed by atoms with van der Waals surface area (Å²) in [7, 11) is 1.26. The lowest BCUT2D eigenvalue weighted by molar-refractivity contribution is -0.383. The summed E-state index contributed by atoms with van der Waals surface area (Å²) in [6.45, 7) is -0.165. The van der Waals surface area contributed by atoms with E-state index in [1.165, 1.54) is 36.0 Å². The highest BCUT2D eigenvalue weighted by molar-refractivity contribution is 7.99. The molecular formula is C25H22N2O7S4. The first-order valence-corrected chi connectivity index (χ1v) is 14.6. The molecule has 2 aromatic carbocycles. The van der Waals surface area contributed by atoms with Crippen LogP contribution in [0, 0.1) is 20.2 Å². The fourth-order valence-corrected chi connectivity index (χ4v) is 7.39. The summed E-state index contributed by atoms with van der Waals surface area (Å²) in [6.07, 6.45) is 0. The molecule has 0 fully saturated rings. The van der Waals surface area contributed by atoms with Gasteiger partial charge in [-0.2, -0.15) is 0 Å². The fraction of sp³-hybridized carbons (Fsp3) is 0.160. The zero-order valence-corrected chi connectivity index (χ0v) is 23.2. The van der Waals surface area contributed by atoms with E-state index in [9.17, 15) is 30.1 Å². The van der Waals surface area contributed by atoms with Gasteiger partial charge in [-0.05, 0) is 11.1 Å². The SMILES string of the molecule is COC(=O)c1csc([N+](=O)[O-])c1SCc1ccccc1.O=[N+]([O-])c1scc(CO)c1SCc1ccccc1. The molecule has 0 amide bonds. The zero-order valence-electron chi connectivity index (χ0n) is 20.0. The van der Waals surface area contributed by atoms with Crippen LogP contribution in [0.3, 0.4) is 0 Å². The minimum Gasteiger partial charge on any atom is -0.465 e. The van der Waals surface area contributed by atoms with Gasteiger partial charge in [0.1, 0.15) is 9.79 Å². The van der Waals surface area contributed by atoms with Gasteiger partial charge in [-0.3, -0.25) is 20.2 Å². The van der Waals surface area contributed by atoms with Crippen LogP contribution in [0.1, 0.15) is 27.0 Å². The van der Waals surface area contributed by atoms with Crippen molar-refractivity contribution in [3.63, 3.8) is 0 Å². The molecule has 0 atom stereocenters. The van der Waals surface area contributed by atoms with E-state index in [-0.39, 0.29) is 22.2 Å². The van der Waals surface area contributed by atoms with Crippen LogP contribution in [0.4, 0.5) is 10.0 Å². The number of hydrogen-bond donors (Lipinski definition) is 1. The van der Waals surface area contributed by atoms with E-state index < -0.39 is 15.8 Å². The summed E-state index contributed by atoms with van der Waals surface area (Å²) in [6, 6.07) is 19.3. The second-order valence-electron chi connectivity index (χ2n) is 7.39. The van der Waals surface area contributed by atoms with E-state index in [0.717, 1.165) is 33.8 Å². The lowest BCUT2D eigenvalue weighted by Crippen LogP contribution is -2.01. The van der Waals surface area contributed by atoms with Crippen molar-refractivity contribution in [3.05, 3.63) is 114 Å². The molecule has 0 aliphatic rings. The number of nitro groups is 2. The Hall–Kier alpha value is -3.23. The quantitative estimate of drug-likeness (QED) is 0.0882. The van der Waals surface area contributed by atoms with E-state index in [2.05, 4.69) is 4.74 Å². The number of esters is 1. The molecule has 4 aromatic rings. The van der Waals surface area contributed by atoms with Gasteiger partial charge in [0.25, 0.3) is 0 Å². The van der Waals surface area contributed by atoms with Gasteiger partial charge in [0.15, 0.2) is 0 Å². The van der Waals surface area contributed by atoms with Gasteiger partial charge >= 0.3 is 16.0 Å². The average Bonchev–Trinajstić information content (AvgIpc) is 3.56. The van der Waals surface area contributed by atoms with Crippen molar-refractivity contribution in [1.29, 1.82) is 0 Å². The molecule has 2 heterocycles. The van der Waals surface area contributed by atoms with Crippen LogP contribution in [0.25, 0.3) is 0 Å². The average molecular weight is 591 g/mol. The Labute approximate surface area is 234 Å². The minimum absolute atomic E-state index is 0.0219. The second kappa shape index (κ2) is 14.6. The Morgan fingerprint density at radius 3 is 1.79 bits per heavy atom. The third kappa shape index (κ3) is 7.88. The fourth-order valence-electron chi connectivity index (χ4n) is 3.07. The third-order valence-corrected chi connectivity index (χ3v) is 9.45. The molecule has 0 spiro atoms. The number of carbonyl (C=O) groups is 1. The van der Waals surface area contributed by atoms with E-state index >= 15 is 0 Å². The van der Waals surface area contributed by atoms with Gasteiger partial charge in [-0.25, -0.2) is 4.79 Å². The standard InChI is InChI=1S/C13H11NO4S2.C12H11NO3S2/c1-18-13(15)10-8-20-12(14(16)17)11(10)19-7-9-5-3-2-4-6-9;14-6-10-8-18-12(13(15)16)11(10)17-7-9-4-2-1-3-5-9/h2-6,8H,7H2,1H3;1-5,8,14H,6-7H2. The van der Waals surface area contributed by atoms with E-state index in [0.29, 0.717) is 26.9 Å². The number of aliphatic hydroxyl groups is 1. The molecule has 4 rings (SSSR count). The number of hydrogen-bond acceptors (Lipinski definition) is 11. The summed E-state index contributed by atoms with van der Waals surface area (Å²) in [5, 5.41) is 34.3. The zero-order chi connectivity index (χ0) is 27.5. The van der Waals surface area contributed by atoms with Crippen LogP contribution in [0.5, 0.6) is 0 Å². The number of carbonyl (C=O) groups excluding carboxylic acids is 1. The predicted molar refractivity (Wildman–Crippen MR) is 151 cm³/mol. The minimum atomic E-state index is -0.551. The van der Waals surface area contributed by atoms with Gasteiger partial charge in [-0.15, -0.1) is 23.5 Å². The molecular weight excluding hydrogens is 569 g/mol. The number of benzene rings is 2. The van der Waals surface area contributed by atoms with Gasteiger partial charge in [0, 0.05) is 27.8 Å². The third-order valence-electron chi connectivity index (χ3n) is 4.89. The van der Waals surface area contributed by atoms with Crippen LogP contribution >= 0.6 is 46.2 Å². The molecule has 13 heteroatoms. The maximum atomic E-state index is 11.6. The summed E-state index contributed by atoms with van der Waals surface area (Å²) in [5.41, 5.74) is 3.03. The van der Waals surface area contributed by atoms with Crippen molar-refractivity contribution in [1.82, 2.24) is 0 Å². The predicted octanol–water partition coefficient (Wildman–Crippen LogP) is 7.18. The summed E-state index contributed by atoms with van der Waals surface area (Å²) < 4.78 is 4.65. The lowest BCUT2D eigenvalue weighted by Gasteiger charge is -2.03. The number of thioether (sulfide) groups is 2. The smallest absolute Gasteiger partial charge is 0.340 e. The molecule has 0 saturated heterocycles. The largest absolute Gasteiger partial charge is 0.465 e. The van der Waals surface area contributed by atoms with Crippen LogP contribution in [0.15, 0.2) is 81.2 Å². The molecule has 0 bridgehead atoms. The first kappa shape index (κ1) is 29.3. The number of nitrogens with zero attached hydrogens (tertiary/aromatic N) is 2. The molecule has 1 N–H and O–H groups in total. The first-order chi connectivity index (χ1) is 18.3. The molecule has 38 heavy (non-hydrogen) atoms. The molecule has 0 radical (unpaired) electrons. The molecule has 2 aromatic heterocycles. The van der Waals surface area contributed by atoms with Crippen LogP contribution in [-0.2, 0) is 22.8 Å². The Morgan fingerprint density at radius 2 is 1.32 bits per heavy atom. The summed E-state index contributed by atoms with van der Waals surface area (Å²) >= 11 is 4.67. The van der Waals surface area contributed by atoms with Crippen molar-refractivity contribution >= 4 is 62.2 Å². The van der Waals surface area contributed by atoms with Gasteiger partial charge in [0.2, 0.25) is 0 Å². The Balaban J connectivity index is 0.000000212. The van der Waals surface area contributed by atoms with Crippen molar-refractivity contribution < 1.29 is 24.5 Å². The van der Waals surface area contributed by atoms with Crippen molar-refractivity contribution in [3.8, 4) is 0 Å². The maximum absolute atomic E-state index is 11.6. The Kier molecular flexibility index (Phi) is 11.3. The highest BCUT2D eigenvalue weighted by Gasteiger charge is 2.26. The molecule has 0 saturated carbocycles. The first-order valence-electron chi connectivity index (χ1n) is 10.9. The van der Waals surface area contributed by atoms with Crippen LogP contribution in [-0.4, -0.2) is 28.0 Å². The number of methoxy groups -OCH3 is 1. The van der Waals surface area contributed by atoms with Crippen molar-refractivity contribution in [2.24, 2.45) is 0 Å².